The lowest BCUT2D eigenvalue weighted by atomic mass is 10.1. The third-order valence-electron chi connectivity index (χ3n) is 4.55. The van der Waals surface area contributed by atoms with Gasteiger partial charge in [0.05, 0.1) is 19.3 Å². The number of ketones is 1. The lowest BCUT2D eigenvalue weighted by Crippen LogP contribution is -2.33. The second-order valence-corrected chi connectivity index (χ2v) is 6.51. The van der Waals surface area contributed by atoms with Crippen LogP contribution in [0.25, 0.3) is 0 Å². The van der Waals surface area contributed by atoms with E-state index >= 15 is 0 Å². The first kappa shape index (κ1) is 19.7. The SMILES string of the molecule is CCN(CC(=O)Nc1cc2c(cc1C(C)=O)OCO2)Cc1ccc(OC)cc1. The Labute approximate surface area is 164 Å². The number of methoxy groups -OCH3 is 1. The van der Waals surface area contributed by atoms with Crippen LogP contribution in [0.5, 0.6) is 17.2 Å². The third kappa shape index (κ3) is 4.61. The van der Waals surface area contributed by atoms with Gasteiger partial charge < -0.3 is 19.5 Å². The van der Waals surface area contributed by atoms with Crippen molar-refractivity contribution in [2.45, 2.75) is 20.4 Å². The normalized spacial score (nSPS) is 12.1. The zero-order valence-corrected chi connectivity index (χ0v) is 16.3. The van der Waals surface area contributed by atoms with Crippen molar-refractivity contribution >= 4 is 17.4 Å². The Bertz CT molecular complexity index is 864. The molecule has 28 heavy (non-hydrogen) atoms. The minimum Gasteiger partial charge on any atom is -0.497 e. The van der Waals surface area contributed by atoms with E-state index in [2.05, 4.69) is 5.32 Å². The van der Waals surface area contributed by atoms with Gasteiger partial charge in [-0.3, -0.25) is 14.5 Å². The number of nitrogens with zero attached hydrogens (tertiary/aromatic N) is 1. The Kier molecular flexibility index (Phi) is 6.16. The third-order valence-corrected chi connectivity index (χ3v) is 4.55. The molecule has 0 spiro atoms. The highest BCUT2D eigenvalue weighted by Crippen LogP contribution is 2.37. The number of rotatable bonds is 8. The second kappa shape index (κ2) is 8.75. The molecule has 1 aliphatic heterocycles. The van der Waals surface area contributed by atoms with Gasteiger partial charge in [-0.15, -0.1) is 0 Å². The van der Waals surface area contributed by atoms with Crippen molar-refractivity contribution in [3.05, 3.63) is 47.5 Å². The van der Waals surface area contributed by atoms with Crippen LogP contribution in [0.4, 0.5) is 5.69 Å². The number of amides is 1. The smallest absolute Gasteiger partial charge is 0.238 e. The van der Waals surface area contributed by atoms with Crippen molar-refractivity contribution < 1.29 is 23.8 Å². The molecule has 1 amide bonds. The zero-order chi connectivity index (χ0) is 20.1. The number of carbonyl (C=O) groups excluding carboxylic acids is 2. The largest absolute Gasteiger partial charge is 0.497 e. The Morgan fingerprint density at radius 2 is 1.82 bits per heavy atom. The van der Waals surface area contributed by atoms with Crippen molar-refractivity contribution in [2.24, 2.45) is 0 Å². The minimum atomic E-state index is -0.197. The molecule has 0 aromatic heterocycles. The van der Waals surface area contributed by atoms with Gasteiger partial charge in [-0.25, -0.2) is 0 Å². The quantitative estimate of drug-likeness (QED) is 0.705. The maximum Gasteiger partial charge on any atom is 0.238 e. The van der Waals surface area contributed by atoms with Gasteiger partial charge in [-0.2, -0.15) is 0 Å². The van der Waals surface area contributed by atoms with Crippen LogP contribution in [0.3, 0.4) is 0 Å². The number of anilines is 1. The summed E-state index contributed by atoms with van der Waals surface area (Å²) in [4.78, 5) is 26.6. The van der Waals surface area contributed by atoms with E-state index in [0.717, 1.165) is 11.3 Å². The molecule has 0 bridgehead atoms. The van der Waals surface area contributed by atoms with Crippen LogP contribution in [0.2, 0.25) is 0 Å². The van der Waals surface area contributed by atoms with E-state index in [-0.39, 0.29) is 25.0 Å². The highest BCUT2D eigenvalue weighted by atomic mass is 16.7. The van der Waals surface area contributed by atoms with E-state index in [1.807, 2.05) is 36.1 Å². The first-order valence-corrected chi connectivity index (χ1v) is 9.10. The average Bonchev–Trinajstić information content (AvgIpc) is 3.14. The van der Waals surface area contributed by atoms with Crippen LogP contribution >= 0.6 is 0 Å². The fourth-order valence-corrected chi connectivity index (χ4v) is 3.00. The van der Waals surface area contributed by atoms with E-state index < -0.39 is 0 Å². The highest BCUT2D eigenvalue weighted by molar-refractivity contribution is 6.05. The molecular formula is C21H24N2O5. The van der Waals surface area contributed by atoms with Crippen LogP contribution in [0.1, 0.15) is 29.8 Å². The molecule has 7 heteroatoms. The summed E-state index contributed by atoms with van der Waals surface area (Å²) in [7, 11) is 1.63. The summed E-state index contributed by atoms with van der Waals surface area (Å²) in [5, 5.41) is 2.83. The van der Waals surface area contributed by atoms with Gasteiger partial charge in [0, 0.05) is 18.2 Å². The van der Waals surface area contributed by atoms with Gasteiger partial charge in [0.2, 0.25) is 12.7 Å². The molecule has 0 saturated carbocycles. The Morgan fingerprint density at radius 1 is 1.14 bits per heavy atom. The van der Waals surface area contributed by atoms with Crippen molar-refractivity contribution in [3.63, 3.8) is 0 Å². The molecule has 7 nitrogen and oxygen atoms in total. The number of carbonyl (C=O) groups is 2. The average molecular weight is 384 g/mol. The summed E-state index contributed by atoms with van der Waals surface area (Å²) in [5.74, 6) is 1.48. The second-order valence-electron chi connectivity index (χ2n) is 6.51. The summed E-state index contributed by atoms with van der Waals surface area (Å²) in [6.45, 7) is 5.10. The first-order valence-electron chi connectivity index (χ1n) is 9.10. The van der Waals surface area contributed by atoms with Gasteiger partial charge in [0.15, 0.2) is 17.3 Å². The van der Waals surface area contributed by atoms with Gasteiger partial charge in [0.1, 0.15) is 5.75 Å². The van der Waals surface area contributed by atoms with E-state index in [9.17, 15) is 9.59 Å². The summed E-state index contributed by atoms with van der Waals surface area (Å²) in [6.07, 6.45) is 0. The monoisotopic (exact) mass is 384 g/mol. The molecule has 1 aliphatic rings. The zero-order valence-electron chi connectivity index (χ0n) is 16.3. The standard InChI is InChI=1S/C21H24N2O5/c1-4-23(11-15-5-7-16(26-3)8-6-15)12-21(25)22-18-10-20-19(27-13-28-20)9-17(18)14(2)24/h5-10H,4,11-13H2,1-3H3,(H,22,25). The van der Waals surface area contributed by atoms with Crippen LogP contribution < -0.4 is 19.5 Å². The maximum atomic E-state index is 12.6. The number of hydrogen-bond acceptors (Lipinski definition) is 6. The molecule has 0 radical (unpaired) electrons. The number of nitrogens with one attached hydrogen (secondary N) is 1. The van der Waals surface area contributed by atoms with Gasteiger partial charge in [0.25, 0.3) is 0 Å². The van der Waals surface area contributed by atoms with Crippen LogP contribution in [0, 0.1) is 0 Å². The van der Waals surface area contributed by atoms with Crippen LogP contribution in [-0.2, 0) is 11.3 Å². The number of hydrogen-bond donors (Lipinski definition) is 1. The lowest BCUT2D eigenvalue weighted by Gasteiger charge is -2.20. The number of fused-ring (bicyclic) bond motifs is 1. The van der Waals surface area contributed by atoms with E-state index in [1.165, 1.54) is 6.92 Å². The number of likely N-dealkylation sites (N-methyl/N-ethyl adjacent to an activating group) is 1. The van der Waals surface area contributed by atoms with Crippen molar-refractivity contribution in [3.8, 4) is 17.2 Å². The van der Waals surface area contributed by atoms with E-state index in [4.69, 9.17) is 14.2 Å². The maximum absolute atomic E-state index is 12.6. The lowest BCUT2D eigenvalue weighted by molar-refractivity contribution is -0.117. The molecular weight excluding hydrogens is 360 g/mol. The molecule has 1 heterocycles. The number of benzene rings is 2. The van der Waals surface area contributed by atoms with Crippen molar-refractivity contribution in [1.29, 1.82) is 0 Å². The Morgan fingerprint density at radius 3 is 2.43 bits per heavy atom. The molecule has 148 valence electrons. The molecule has 0 atom stereocenters. The molecule has 0 saturated heterocycles. The molecule has 1 N–H and O–H groups in total. The predicted molar refractivity (Wildman–Crippen MR) is 105 cm³/mol. The number of ether oxygens (including phenoxy) is 3. The van der Waals surface area contributed by atoms with Crippen LogP contribution in [-0.4, -0.2) is 43.6 Å². The van der Waals surface area contributed by atoms with E-state index in [1.54, 1.807) is 19.2 Å². The van der Waals surface area contributed by atoms with Gasteiger partial charge in [-0.1, -0.05) is 19.1 Å². The Balaban J connectivity index is 1.67. The van der Waals surface area contributed by atoms with Crippen molar-refractivity contribution in [2.75, 3.05) is 32.3 Å². The summed E-state index contributed by atoms with van der Waals surface area (Å²) < 4.78 is 15.8. The summed E-state index contributed by atoms with van der Waals surface area (Å²) in [6, 6.07) is 11.0. The molecule has 0 aliphatic carbocycles. The van der Waals surface area contributed by atoms with Crippen LogP contribution in [0.15, 0.2) is 36.4 Å². The predicted octanol–water partition coefficient (Wildman–Crippen LogP) is 3.09. The molecule has 0 fully saturated rings. The summed E-state index contributed by atoms with van der Waals surface area (Å²) >= 11 is 0. The first-order chi connectivity index (χ1) is 13.5. The fraction of sp³-hybridized carbons (Fsp3) is 0.333. The van der Waals surface area contributed by atoms with Gasteiger partial charge >= 0.3 is 0 Å². The minimum absolute atomic E-state index is 0.107. The Hall–Kier alpha value is -3.06. The van der Waals surface area contributed by atoms with Crippen molar-refractivity contribution in [1.82, 2.24) is 4.90 Å². The van der Waals surface area contributed by atoms with E-state index in [0.29, 0.717) is 35.8 Å². The molecule has 3 rings (SSSR count). The highest BCUT2D eigenvalue weighted by Gasteiger charge is 2.21. The molecule has 2 aromatic rings. The molecule has 0 unspecified atom stereocenters. The van der Waals surface area contributed by atoms with Gasteiger partial charge in [-0.05, 0) is 37.2 Å². The molecule has 2 aromatic carbocycles. The fourth-order valence-electron chi connectivity index (χ4n) is 3.00. The topological polar surface area (TPSA) is 77.1 Å². The number of Topliss-reactive ketones (excluding diaryl/α,β-unsaturated/α-hetero) is 1. The summed E-state index contributed by atoms with van der Waals surface area (Å²) in [5.41, 5.74) is 1.92.